The van der Waals surface area contributed by atoms with Gasteiger partial charge in [0.2, 0.25) is 0 Å². The van der Waals surface area contributed by atoms with Crippen LogP contribution < -0.4 is 4.90 Å². The zero-order valence-electron chi connectivity index (χ0n) is 13.6. The molecule has 25 heavy (non-hydrogen) atoms. The zero-order chi connectivity index (χ0) is 17.4. The number of anilines is 1. The average molecular weight is 454 g/mol. The van der Waals surface area contributed by atoms with E-state index in [2.05, 4.69) is 45.3 Å². The van der Waals surface area contributed by atoms with Crippen molar-refractivity contribution >= 4 is 71.6 Å². The van der Waals surface area contributed by atoms with E-state index in [9.17, 15) is 4.79 Å². The van der Waals surface area contributed by atoms with Crippen molar-refractivity contribution in [1.82, 2.24) is 9.88 Å². The second-order valence-corrected chi connectivity index (χ2v) is 10.1. The molecule has 0 spiro atoms. The Hall–Kier alpha value is -1.09. The maximum absolute atomic E-state index is 12.5. The van der Waals surface area contributed by atoms with Gasteiger partial charge in [-0.25, -0.2) is 4.98 Å². The number of carbonyl (C=O) groups excluding carboxylic acids is 1. The van der Waals surface area contributed by atoms with Crippen LogP contribution in [0.2, 0.25) is 0 Å². The van der Waals surface area contributed by atoms with Crippen molar-refractivity contribution in [3.05, 3.63) is 39.0 Å². The van der Waals surface area contributed by atoms with Crippen molar-refractivity contribution in [1.29, 1.82) is 0 Å². The lowest BCUT2D eigenvalue weighted by Gasteiger charge is -2.34. The summed E-state index contributed by atoms with van der Waals surface area (Å²) in [7, 11) is 0. The second-order valence-electron chi connectivity index (χ2n) is 5.71. The van der Waals surface area contributed by atoms with Crippen molar-refractivity contribution in [2.45, 2.75) is 4.90 Å². The van der Waals surface area contributed by atoms with E-state index in [1.807, 2.05) is 17.0 Å². The van der Waals surface area contributed by atoms with Gasteiger partial charge in [0, 0.05) is 31.1 Å². The fraction of sp³-hybridized carbons (Fsp3) is 0.294. The molecule has 1 aromatic carbocycles. The number of thiophene rings is 1. The van der Waals surface area contributed by atoms with Gasteiger partial charge >= 0.3 is 0 Å². The summed E-state index contributed by atoms with van der Waals surface area (Å²) in [6, 6.07) is 10.2. The van der Waals surface area contributed by atoms with E-state index in [1.54, 1.807) is 23.1 Å². The van der Waals surface area contributed by atoms with Crippen LogP contribution in [-0.4, -0.2) is 48.2 Å². The van der Waals surface area contributed by atoms with Gasteiger partial charge in [-0.15, -0.1) is 23.1 Å². The van der Waals surface area contributed by atoms with Crippen LogP contribution in [0.1, 0.15) is 9.67 Å². The minimum atomic E-state index is 0.129. The highest BCUT2D eigenvalue weighted by Gasteiger charge is 2.24. The standard InChI is InChI=1S/C17H16BrN3OS3/c1-23-11-2-3-12-14(10-11)25-17(19-12)21-8-6-20(7-9-21)16(22)13-4-5-15(18)24-13/h2-5,10H,6-9H2,1H3. The van der Waals surface area contributed by atoms with Crippen molar-refractivity contribution in [2.24, 2.45) is 0 Å². The van der Waals surface area contributed by atoms with Gasteiger partial charge in [-0.1, -0.05) is 11.3 Å². The monoisotopic (exact) mass is 453 g/mol. The Morgan fingerprint density at radius 2 is 1.96 bits per heavy atom. The quantitative estimate of drug-likeness (QED) is 0.533. The summed E-state index contributed by atoms with van der Waals surface area (Å²) in [6.45, 7) is 3.13. The van der Waals surface area contributed by atoms with Crippen LogP contribution in [0.25, 0.3) is 10.2 Å². The number of carbonyl (C=O) groups is 1. The molecule has 8 heteroatoms. The first-order valence-electron chi connectivity index (χ1n) is 7.88. The molecule has 0 radical (unpaired) electrons. The molecule has 0 unspecified atom stereocenters. The molecule has 0 bridgehead atoms. The molecule has 1 saturated heterocycles. The Bertz CT molecular complexity index is 915. The normalized spacial score (nSPS) is 15.1. The molecule has 3 aromatic rings. The number of hydrogen-bond donors (Lipinski definition) is 0. The predicted molar refractivity (Wildman–Crippen MR) is 112 cm³/mol. The van der Waals surface area contributed by atoms with Gasteiger partial charge in [0.15, 0.2) is 5.13 Å². The minimum absolute atomic E-state index is 0.129. The fourth-order valence-electron chi connectivity index (χ4n) is 2.84. The topological polar surface area (TPSA) is 36.4 Å². The summed E-state index contributed by atoms with van der Waals surface area (Å²) in [4.78, 5) is 23.6. The van der Waals surface area contributed by atoms with E-state index in [4.69, 9.17) is 4.98 Å². The number of halogens is 1. The highest BCUT2D eigenvalue weighted by Crippen LogP contribution is 2.32. The molecule has 1 amide bonds. The Labute approximate surface area is 167 Å². The Balaban J connectivity index is 1.45. The highest BCUT2D eigenvalue weighted by molar-refractivity contribution is 9.11. The number of piperazine rings is 1. The number of benzene rings is 1. The lowest BCUT2D eigenvalue weighted by molar-refractivity contribution is 0.0751. The predicted octanol–water partition coefficient (Wildman–Crippen LogP) is 4.80. The maximum Gasteiger partial charge on any atom is 0.264 e. The SMILES string of the molecule is CSc1ccc2nc(N3CCN(C(=O)c4ccc(Br)s4)CC3)sc2c1. The molecule has 0 saturated carbocycles. The molecule has 0 atom stereocenters. The minimum Gasteiger partial charge on any atom is -0.345 e. The fourth-order valence-corrected chi connectivity index (χ4v) is 5.77. The van der Waals surface area contributed by atoms with E-state index in [1.165, 1.54) is 20.9 Å². The van der Waals surface area contributed by atoms with E-state index in [0.717, 1.165) is 45.5 Å². The number of thiazole rings is 1. The van der Waals surface area contributed by atoms with Gasteiger partial charge in [-0.05, 0) is 52.5 Å². The molecular formula is C17H16BrN3OS3. The van der Waals surface area contributed by atoms with Gasteiger partial charge in [0.1, 0.15) is 0 Å². The number of aromatic nitrogens is 1. The summed E-state index contributed by atoms with van der Waals surface area (Å²) >= 11 is 8.40. The Kier molecular flexibility index (Phi) is 5.04. The van der Waals surface area contributed by atoms with Crippen LogP contribution in [0, 0.1) is 0 Å². The number of amides is 1. The second kappa shape index (κ2) is 7.26. The van der Waals surface area contributed by atoms with E-state index >= 15 is 0 Å². The summed E-state index contributed by atoms with van der Waals surface area (Å²) < 4.78 is 2.22. The number of thioether (sulfide) groups is 1. The van der Waals surface area contributed by atoms with Gasteiger partial charge < -0.3 is 9.80 Å². The largest absolute Gasteiger partial charge is 0.345 e. The van der Waals surface area contributed by atoms with Crippen LogP contribution >= 0.6 is 50.4 Å². The first-order valence-corrected chi connectivity index (χ1v) is 11.5. The zero-order valence-corrected chi connectivity index (χ0v) is 17.6. The summed E-state index contributed by atoms with van der Waals surface area (Å²) in [6.07, 6.45) is 2.09. The van der Waals surface area contributed by atoms with Gasteiger partial charge in [0.25, 0.3) is 5.91 Å². The van der Waals surface area contributed by atoms with Crippen molar-refractivity contribution in [2.75, 3.05) is 37.3 Å². The third-order valence-corrected chi connectivity index (χ3v) is 7.62. The molecular weight excluding hydrogens is 438 g/mol. The Morgan fingerprint density at radius 1 is 1.16 bits per heavy atom. The molecule has 130 valence electrons. The number of fused-ring (bicyclic) bond motifs is 1. The maximum atomic E-state index is 12.5. The molecule has 1 aliphatic heterocycles. The molecule has 2 aromatic heterocycles. The van der Waals surface area contributed by atoms with Crippen molar-refractivity contribution in [3.8, 4) is 0 Å². The first kappa shape index (κ1) is 17.3. The van der Waals surface area contributed by atoms with E-state index in [-0.39, 0.29) is 5.91 Å². The van der Waals surface area contributed by atoms with Crippen LogP contribution in [0.15, 0.2) is 39.0 Å². The lowest BCUT2D eigenvalue weighted by Crippen LogP contribution is -2.48. The highest BCUT2D eigenvalue weighted by atomic mass is 79.9. The van der Waals surface area contributed by atoms with Crippen LogP contribution in [0.4, 0.5) is 5.13 Å². The molecule has 0 aliphatic carbocycles. The molecule has 0 N–H and O–H groups in total. The van der Waals surface area contributed by atoms with E-state index in [0.29, 0.717) is 0 Å². The summed E-state index contributed by atoms with van der Waals surface area (Å²) in [5, 5.41) is 1.05. The van der Waals surface area contributed by atoms with Crippen molar-refractivity contribution < 1.29 is 4.79 Å². The average Bonchev–Trinajstić information content (AvgIpc) is 3.26. The van der Waals surface area contributed by atoms with Gasteiger partial charge in [-0.3, -0.25) is 4.79 Å². The lowest BCUT2D eigenvalue weighted by atomic mass is 10.3. The molecule has 3 heterocycles. The van der Waals surface area contributed by atoms with Crippen LogP contribution in [0.3, 0.4) is 0 Å². The number of nitrogens with zero attached hydrogens (tertiary/aromatic N) is 3. The Morgan fingerprint density at radius 3 is 2.64 bits per heavy atom. The number of hydrogen-bond acceptors (Lipinski definition) is 6. The smallest absolute Gasteiger partial charge is 0.264 e. The molecule has 4 rings (SSSR count). The molecule has 4 nitrogen and oxygen atoms in total. The molecule has 1 aliphatic rings. The van der Waals surface area contributed by atoms with Crippen LogP contribution in [-0.2, 0) is 0 Å². The first-order chi connectivity index (χ1) is 12.1. The van der Waals surface area contributed by atoms with E-state index < -0.39 is 0 Å². The third kappa shape index (κ3) is 3.58. The molecule has 1 fully saturated rings. The number of rotatable bonds is 3. The third-order valence-electron chi connectivity index (χ3n) is 4.21. The van der Waals surface area contributed by atoms with Crippen molar-refractivity contribution in [3.63, 3.8) is 0 Å². The summed E-state index contributed by atoms with van der Waals surface area (Å²) in [5.74, 6) is 0.129. The van der Waals surface area contributed by atoms with Gasteiger partial charge in [-0.2, -0.15) is 0 Å². The van der Waals surface area contributed by atoms with Gasteiger partial charge in [0.05, 0.1) is 18.9 Å². The summed E-state index contributed by atoms with van der Waals surface area (Å²) in [5.41, 5.74) is 1.06. The van der Waals surface area contributed by atoms with Crippen LogP contribution in [0.5, 0.6) is 0 Å².